The average molecular weight is 323 g/mol. The normalized spacial score (nSPS) is 15.6. The molecule has 1 saturated carbocycles. The molecular formula is C16H23ClN4O. The third kappa shape index (κ3) is 4.29. The Hall–Kier alpha value is -1.43. The van der Waals surface area contributed by atoms with Gasteiger partial charge in [-0.15, -0.1) is 12.4 Å². The molecule has 1 aromatic carbocycles. The fraction of sp³-hybridized carbons (Fsp3) is 0.500. The minimum Gasteiger partial charge on any atom is -0.338 e. The van der Waals surface area contributed by atoms with Crippen LogP contribution in [-0.4, -0.2) is 34.7 Å². The first-order valence-corrected chi connectivity index (χ1v) is 7.52. The van der Waals surface area contributed by atoms with Crippen molar-refractivity contribution in [3.05, 3.63) is 47.6 Å². The number of hydrogen-bond donors (Lipinski definition) is 1. The third-order valence-corrected chi connectivity index (χ3v) is 4.07. The second kappa shape index (κ2) is 7.72. The smallest absolute Gasteiger partial charge is 0.240 e. The van der Waals surface area contributed by atoms with Gasteiger partial charge in [0.1, 0.15) is 0 Å². The number of likely N-dealkylation sites (N-methyl/N-ethyl adjacent to an activating group) is 1. The van der Waals surface area contributed by atoms with Crippen LogP contribution in [0.2, 0.25) is 0 Å². The van der Waals surface area contributed by atoms with Crippen LogP contribution in [-0.2, 0) is 13.0 Å². The van der Waals surface area contributed by atoms with Gasteiger partial charge < -0.3 is 10.3 Å². The maximum Gasteiger partial charge on any atom is 0.240 e. The van der Waals surface area contributed by atoms with Crippen LogP contribution < -0.4 is 5.73 Å². The van der Waals surface area contributed by atoms with E-state index in [-0.39, 0.29) is 12.4 Å². The maximum absolute atomic E-state index is 5.87. The Morgan fingerprint density at radius 2 is 2.05 bits per heavy atom. The monoisotopic (exact) mass is 322 g/mol. The number of benzene rings is 1. The summed E-state index contributed by atoms with van der Waals surface area (Å²) >= 11 is 0. The van der Waals surface area contributed by atoms with E-state index in [1.807, 2.05) is 18.2 Å². The summed E-state index contributed by atoms with van der Waals surface area (Å²) in [6, 6.07) is 10.6. The van der Waals surface area contributed by atoms with E-state index >= 15 is 0 Å². The Balaban J connectivity index is 0.00000176. The molecule has 1 fully saturated rings. The molecule has 0 bridgehead atoms. The Morgan fingerprint density at radius 1 is 1.32 bits per heavy atom. The third-order valence-electron chi connectivity index (χ3n) is 4.07. The molecule has 6 heteroatoms. The zero-order chi connectivity index (χ0) is 14.7. The Kier molecular flexibility index (Phi) is 5.94. The molecule has 2 aromatic rings. The number of rotatable bonds is 7. The van der Waals surface area contributed by atoms with Crippen molar-refractivity contribution in [3.63, 3.8) is 0 Å². The molecule has 5 nitrogen and oxygen atoms in total. The van der Waals surface area contributed by atoms with Gasteiger partial charge in [0.2, 0.25) is 5.89 Å². The second-order valence-electron chi connectivity index (χ2n) is 5.82. The summed E-state index contributed by atoms with van der Waals surface area (Å²) in [5.41, 5.74) is 7.06. The molecule has 0 spiro atoms. The van der Waals surface area contributed by atoms with Crippen molar-refractivity contribution in [2.24, 2.45) is 11.7 Å². The first-order valence-electron chi connectivity index (χ1n) is 7.52. The molecule has 0 aliphatic heterocycles. The van der Waals surface area contributed by atoms with Gasteiger partial charge in [0.05, 0.1) is 6.54 Å². The van der Waals surface area contributed by atoms with Crippen LogP contribution in [0.15, 0.2) is 34.9 Å². The zero-order valence-corrected chi connectivity index (χ0v) is 13.6. The summed E-state index contributed by atoms with van der Waals surface area (Å²) in [5, 5.41) is 4.07. The van der Waals surface area contributed by atoms with Crippen LogP contribution in [0.1, 0.15) is 30.1 Å². The Morgan fingerprint density at radius 3 is 2.68 bits per heavy atom. The molecule has 120 valence electrons. The number of aromatic nitrogens is 2. The molecule has 0 radical (unpaired) electrons. The molecule has 0 amide bonds. The first kappa shape index (κ1) is 16.9. The lowest BCUT2D eigenvalue weighted by molar-refractivity contribution is 0.189. The lowest BCUT2D eigenvalue weighted by atomic mass is 10.1. The van der Waals surface area contributed by atoms with Crippen molar-refractivity contribution in [2.45, 2.75) is 31.8 Å². The molecule has 1 atom stereocenters. The fourth-order valence-electron chi connectivity index (χ4n) is 2.75. The van der Waals surface area contributed by atoms with E-state index < -0.39 is 0 Å². The number of hydrogen-bond acceptors (Lipinski definition) is 5. The highest BCUT2D eigenvalue weighted by atomic mass is 35.5. The molecule has 1 aliphatic carbocycles. The van der Waals surface area contributed by atoms with E-state index in [0.29, 0.717) is 31.4 Å². The summed E-state index contributed by atoms with van der Waals surface area (Å²) in [4.78, 5) is 6.72. The summed E-state index contributed by atoms with van der Waals surface area (Å²) in [5.74, 6) is 2.15. The topological polar surface area (TPSA) is 68.2 Å². The predicted molar refractivity (Wildman–Crippen MR) is 87.8 cm³/mol. The Labute approximate surface area is 137 Å². The summed E-state index contributed by atoms with van der Waals surface area (Å²) in [6.07, 6.45) is 3.28. The van der Waals surface area contributed by atoms with Gasteiger partial charge in [-0.1, -0.05) is 35.5 Å². The minimum absolute atomic E-state index is 0. The van der Waals surface area contributed by atoms with Gasteiger partial charge in [0, 0.05) is 19.0 Å². The number of nitrogens with two attached hydrogens (primary N) is 1. The van der Waals surface area contributed by atoms with Crippen LogP contribution in [0, 0.1) is 5.92 Å². The van der Waals surface area contributed by atoms with Crippen molar-refractivity contribution in [2.75, 3.05) is 13.6 Å². The zero-order valence-electron chi connectivity index (χ0n) is 12.8. The predicted octanol–water partition coefficient (Wildman–Crippen LogP) is 2.25. The van der Waals surface area contributed by atoms with Gasteiger partial charge in [-0.3, -0.25) is 4.90 Å². The largest absolute Gasteiger partial charge is 0.338 e. The minimum atomic E-state index is 0. The number of halogens is 1. The Bertz CT molecular complexity index is 571. The van der Waals surface area contributed by atoms with Gasteiger partial charge in [0.25, 0.3) is 0 Å². The van der Waals surface area contributed by atoms with E-state index in [2.05, 4.69) is 34.2 Å². The van der Waals surface area contributed by atoms with Crippen LogP contribution in [0.3, 0.4) is 0 Å². The van der Waals surface area contributed by atoms with Gasteiger partial charge >= 0.3 is 0 Å². The van der Waals surface area contributed by atoms with Gasteiger partial charge in [-0.05, 0) is 31.4 Å². The lowest BCUT2D eigenvalue weighted by Crippen LogP contribution is -2.39. The van der Waals surface area contributed by atoms with E-state index in [9.17, 15) is 0 Å². The average Bonchev–Trinajstić information content (AvgIpc) is 3.22. The van der Waals surface area contributed by atoms with Crippen LogP contribution >= 0.6 is 12.4 Å². The van der Waals surface area contributed by atoms with Crippen molar-refractivity contribution in [1.29, 1.82) is 0 Å². The molecule has 1 aliphatic rings. The maximum atomic E-state index is 5.87. The van der Waals surface area contributed by atoms with Crippen molar-refractivity contribution < 1.29 is 4.52 Å². The van der Waals surface area contributed by atoms with Crippen molar-refractivity contribution in [3.8, 4) is 0 Å². The highest BCUT2D eigenvalue weighted by Gasteiger charge is 2.33. The molecule has 1 aromatic heterocycles. The molecule has 3 rings (SSSR count). The van der Waals surface area contributed by atoms with Gasteiger partial charge in [-0.25, -0.2) is 0 Å². The molecule has 0 saturated heterocycles. The quantitative estimate of drug-likeness (QED) is 0.846. The van der Waals surface area contributed by atoms with Crippen molar-refractivity contribution in [1.82, 2.24) is 15.0 Å². The van der Waals surface area contributed by atoms with Crippen LogP contribution in [0.25, 0.3) is 0 Å². The van der Waals surface area contributed by atoms with Crippen LogP contribution in [0.4, 0.5) is 0 Å². The molecule has 1 unspecified atom stereocenters. The summed E-state index contributed by atoms with van der Waals surface area (Å²) in [7, 11) is 2.08. The SMILES string of the molecule is CN(Cc1nc(Cc2ccccc2)no1)C(CN)C1CC1.Cl. The molecule has 22 heavy (non-hydrogen) atoms. The van der Waals surface area contributed by atoms with Gasteiger partial charge in [-0.2, -0.15) is 4.98 Å². The highest BCUT2D eigenvalue weighted by molar-refractivity contribution is 5.85. The molecule has 2 N–H and O–H groups in total. The first-order chi connectivity index (χ1) is 10.3. The van der Waals surface area contributed by atoms with E-state index in [4.69, 9.17) is 10.3 Å². The van der Waals surface area contributed by atoms with E-state index in [1.54, 1.807) is 0 Å². The fourth-order valence-corrected chi connectivity index (χ4v) is 2.75. The summed E-state index contributed by atoms with van der Waals surface area (Å²) in [6.45, 7) is 1.35. The van der Waals surface area contributed by atoms with Crippen LogP contribution in [0.5, 0.6) is 0 Å². The van der Waals surface area contributed by atoms with E-state index in [0.717, 1.165) is 11.7 Å². The number of nitrogens with zero attached hydrogens (tertiary/aromatic N) is 3. The second-order valence-corrected chi connectivity index (χ2v) is 5.82. The summed E-state index contributed by atoms with van der Waals surface area (Å²) < 4.78 is 5.36. The lowest BCUT2D eigenvalue weighted by Gasteiger charge is -2.25. The van der Waals surface area contributed by atoms with Crippen molar-refractivity contribution >= 4 is 12.4 Å². The highest BCUT2D eigenvalue weighted by Crippen LogP contribution is 2.34. The molecule has 1 heterocycles. The van der Waals surface area contributed by atoms with Gasteiger partial charge in [0.15, 0.2) is 5.82 Å². The van der Waals surface area contributed by atoms with E-state index in [1.165, 1.54) is 18.4 Å². The standard InChI is InChI=1S/C16H22N4O.ClH/c1-20(14(10-17)13-7-8-13)11-16-18-15(19-21-16)9-12-5-3-2-4-6-12;/h2-6,13-14H,7-11,17H2,1H3;1H. The molecular weight excluding hydrogens is 300 g/mol.